The van der Waals surface area contributed by atoms with Crippen LogP contribution in [0.4, 0.5) is 11.5 Å². The lowest BCUT2D eigenvalue weighted by Gasteiger charge is -2.33. The van der Waals surface area contributed by atoms with Gasteiger partial charge in [-0.15, -0.1) is 0 Å². The van der Waals surface area contributed by atoms with E-state index in [0.717, 1.165) is 32.6 Å². The molecular weight excluding hydrogens is 244 g/mol. The number of hydrogen-bond acceptors (Lipinski definition) is 5. The Morgan fingerprint density at radius 3 is 2.79 bits per heavy atom. The highest BCUT2D eigenvalue weighted by molar-refractivity contribution is 5.91. The number of primary amides is 1. The lowest BCUT2D eigenvalue weighted by molar-refractivity contribution is 0.0300. The van der Waals surface area contributed by atoms with E-state index in [2.05, 4.69) is 17.2 Å². The van der Waals surface area contributed by atoms with Crippen molar-refractivity contribution in [1.82, 2.24) is 4.98 Å². The van der Waals surface area contributed by atoms with E-state index in [1.807, 2.05) is 0 Å². The summed E-state index contributed by atoms with van der Waals surface area (Å²) >= 11 is 0. The Kier molecular flexibility index (Phi) is 3.90. The maximum atomic E-state index is 11.1. The predicted molar refractivity (Wildman–Crippen MR) is 73.8 cm³/mol. The molecule has 2 heterocycles. The molecule has 0 aliphatic carbocycles. The molecule has 1 aliphatic rings. The van der Waals surface area contributed by atoms with E-state index < -0.39 is 5.91 Å². The van der Waals surface area contributed by atoms with Crippen LogP contribution in [0.3, 0.4) is 0 Å². The van der Waals surface area contributed by atoms with Gasteiger partial charge in [0.1, 0.15) is 11.5 Å². The molecule has 0 saturated carbocycles. The number of nitrogens with one attached hydrogen (secondary N) is 1. The molecule has 1 aromatic rings. The van der Waals surface area contributed by atoms with E-state index in [1.54, 1.807) is 6.07 Å². The summed E-state index contributed by atoms with van der Waals surface area (Å²) in [7, 11) is 0. The number of pyridine rings is 1. The zero-order valence-electron chi connectivity index (χ0n) is 11.1. The SMILES string of the molecule is CC1(CNc2nc(C(N)=O)ccc2N)CCOCC1. The first kappa shape index (κ1) is 13.6. The summed E-state index contributed by atoms with van der Waals surface area (Å²) in [4.78, 5) is 15.3. The fourth-order valence-corrected chi connectivity index (χ4v) is 2.09. The number of aromatic nitrogens is 1. The molecule has 1 amide bonds. The van der Waals surface area contributed by atoms with Gasteiger partial charge in [0.25, 0.3) is 5.91 Å². The number of hydrogen-bond donors (Lipinski definition) is 3. The summed E-state index contributed by atoms with van der Waals surface area (Å²) in [6.07, 6.45) is 1.99. The minimum absolute atomic E-state index is 0.162. The normalized spacial score (nSPS) is 17.9. The largest absolute Gasteiger partial charge is 0.396 e. The van der Waals surface area contributed by atoms with Gasteiger partial charge in [-0.3, -0.25) is 4.79 Å². The molecule has 1 aromatic heterocycles. The summed E-state index contributed by atoms with van der Waals surface area (Å²) in [5.74, 6) is -0.0376. The molecule has 19 heavy (non-hydrogen) atoms. The number of rotatable bonds is 4. The van der Waals surface area contributed by atoms with Crippen LogP contribution < -0.4 is 16.8 Å². The highest BCUT2D eigenvalue weighted by Crippen LogP contribution is 2.30. The first-order valence-electron chi connectivity index (χ1n) is 6.38. The van der Waals surface area contributed by atoms with Crippen LogP contribution in [0.5, 0.6) is 0 Å². The summed E-state index contributed by atoms with van der Waals surface area (Å²) < 4.78 is 5.36. The van der Waals surface area contributed by atoms with Crippen molar-refractivity contribution in [2.45, 2.75) is 19.8 Å². The molecule has 104 valence electrons. The first-order chi connectivity index (χ1) is 9.00. The van der Waals surface area contributed by atoms with E-state index in [4.69, 9.17) is 16.2 Å². The Bertz CT molecular complexity index is 470. The zero-order chi connectivity index (χ0) is 13.9. The summed E-state index contributed by atoms with van der Waals surface area (Å²) in [6, 6.07) is 3.17. The average Bonchev–Trinajstić information content (AvgIpc) is 2.38. The van der Waals surface area contributed by atoms with Gasteiger partial charge in [-0.25, -0.2) is 4.98 Å². The van der Waals surface area contributed by atoms with Crippen LogP contribution >= 0.6 is 0 Å². The number of carbonyl (C=O) groups excluding carboxylic acids is 1. The molecule has 0 spiro atoms. The number of anilines is 2. The van der Waals surface area contributed by atoms with Crippen LogP contribution in [0.2, 0.25) is 0 Å². The van der Waals surface area contributed by atoms with Gasteiger partial charge < -0.3 is 21.5 Å². The highest BCUT2D eigenvalue weighted by atomic mass is 16.5. The second-order valence-corrected chi connectivity index (χ2v) is 5.28. The second kappa shape index (κ2) is 5.44. The highest BCUT2D eigenvalue weighted by Gasteiger charge is 2.27. The van der Waals surface area contributed by atoms with Gasteiger partial charge in [0.15, 0.2) is 0 Å². The minimum Gasteiger partial charge on any atom is -0.396 e. The van der Waals surface area contributed by atoms with Crippen molar-refractivity contribution in [3.05, 3.63) is 17.8 Å². The quantitative estimate of drug-likeness (QED) is 0.752. The molecule has 1 aliphatic heterocycles. The van der Waals surface area contributed by atoms with Crippen molar-refractivity contribution in [3.8, 4) is 0 Å². The lowest BCUT2D eigenvalue weighted by Crippen LogP contribution is -2.33. The number of nitrogen functional groups attached to an aromatic ring is 1. The van der Waals surface area contributed by atoms with E-state index in [0.29, 0.717) is 11.5 Å². The predicted octanol–water partition coefficient (Wildman–Crippen LogP) is 0.991. The van der Waals surface area contributed by atoms with Crippen LogP contribution in [0, 0.1) is 5.41 Å². The van der Waals surface area contributed by atoms with Crippen molar-refractivity contribution >= 4 is 17.4 Å². The van der Waals surface area contributed by atoms with Crippen LogP contribution in [0.1, 0.15) is 30.3 Å². The summed E-state index contributed by atoms with van der Waals surface area (Å²) in [5, 5.41) is 3.22. The van der Waals surface area contributed by atoms with Gasteiger partial charge >= 0.3 is 0 Å². The molecule has 1 fully saturated rings. The van der Waals surface area contributed by atoms with Crippen molar-refractivity contribution in [1.29, 1.82) is 0 Å². The Morgan fingerprint density at radius 2 is 2.16 bits per heavy atom. The van der Waals surface area contributed by atoms with Crippen molar-refractivity contribution in [2.75, 3.05) is 30.8 Å². The molecule has 6 nitrogen and oxygen atoms in total. The average molecular weight is 264 g/mol. The van der Waals surface area contributed by atoms with Crippen molar-refractivity contribution in [2.24, 2.45) is 11.1 Å². The van der Waals surface area contributed by atoms with E-state index in [9.17, 15) is 4.79 Å². The third-order valence-corrected chi connectivity index (χ3v) is 3.56. The van der Waals surface area contributed by atoms with E-state index >= 15 is 0 Å². The number of carbonyl (C=O) groups is 1. The number of nitrogens with two attached hydrogens (primary N) is 2. The summed E-state index contributed by atoms with van der Waals surface area (Å²) in [6.45, 7) is 4.51. The molecular formula is C13H20N4O2. The maximum absolute atomic E-state index is 11.1. The molecule has 6 heteroatoms. The molecule has 0 bridgehead atoms. The number of ether oxygens (including phenoxy) is 1. The molecule has 1 saturated heterocycles. The maximum Gasteiger partial charge on any atom is 0.267 e. The van der Waals surface area contributed by atoms with Gasteiger partial charge in [0.05, 0.1) is 5.69 Å². The monoisotopic (exact) mass is 264 g/mol. The topological polar surface area (TPSA) is 103 Å². The van der Waals surface area contributed by atoms with Crippen LogP contribution in [-0.4, -0.2) is 30.6 Å². The molecule has 0 atom stereocenters. The van der Waals surface area contributed by atoms with Crippen molar-refractivity contribution in [3.63, 3.8) is 0 Å². The number of nitrogens with zero attached hydrogens (tertiary/aromatic N) is 1. The zero-order valence-corrected chi connectivity index (χ0v) is 11.1. The fraction of sp³-hybridized carbons (Fsp3) is 0.538. The Hall–Kier alpha value is -1.82. The van der Waals surface area contributed by atoms with Crippen LogP contribution in [0.25, 0.3) is 0 Å². The van der Waals surface area contributed by atoms with Gasteiger partial charge in [0, 0.05) is 19.8 Å². The Balaban J connectivity index is 2.06. The van der Waals surface area contributed by atoms with Crippen LogP contribution in [0.15, 0.2) is 12.1 Å². The minimum atomic E-state index is -0.555. The smallest absolute Gasteiger partial charge is 0.267 e. The lowest BCUT2D eigenvalue weighted by atomic mass is 9.82. The molecule has 0 unspecified atom stereocenters. The van der Waals surface area contributed by atoms with Gasteiger partial charge in [-0.1, -0.05) is 6.92 Å². The van der Waals surface area contributed by atoms with Crippen molar-refractivity contribution < 1.29 is 9.53 Å². The fourth-order valence-electron chi connectivity index (χ4n) is 2.09. The van der Waals surface area contributed by atoms with Gasteiger partial charge in [-0.2, -0.15) is 0 Å². The molecule has 2 rings (SSSR count). The van der Waals surface area contributed by atoms with Crippen LogP contribution in [-0.2, 0) is 4.74 Å². The van der Waals surface area contributed by atoms with Gasteiger partial charge in [0.2, 0.25) is 0 Å². The summed E-state index contributed by atoms with van der Waals surface area (Å²) in [5.41, 5.74) is 12.0. The second-order valence-electron chi connectivity index (χ2n) is 5.28. The Morgan fingerprint density at radius 1 is 1.47 bits per heavy atom. The first-order valence-corrected chi connectivity index (χ1v) is 6.38. The third-order valence-electron chi connectivity index (χ3n) is 3.56. The third kappa shape index (κ3) is 3.35. The molecule has 5 N–H and O–H groups in total. The number of amides is 1. The van der Waals surface area contributed by atoms with Gasteiger partial charge in [-0.05, 0) is 30.4 Å². The van der Waals surface area contributed by atoms with E-state index in [-0.39, 0.29) is 11.1 Å². The molecule has 0 aromatic carbocycles. The molecule has 0 radical (unpaired) electrons. The Labute approximate surface area is 112 Å². The van der Waals surface area contributed by atoms with E-state index in [1.165, 1.54) is 6.07 Å². The standard InChI is InChI=1S/C13H20N4O2/c1-13(4-6-19-7-5-13)8-16-12-9(14)2-3-10(17-12)11(15)18/h2-3H,4-8,14H2,1H3,(H2,15,18)(H,16,17).